The molecule has 0 aromatic carbocycles. The Labute approximate surface area is 148 Å². The third-order valence-corrected chi connectivity index (χ3v) is 2.62. The van der Waals surface area contributed by atoms with Gasteiger partial charge >= 0.3 is 11.9 Å². The lowest BCUT2D eigenvalue weighted by atomic mass is 10.1. The van der Waals surface area contributed by atoms with Gasteiger partial charge in [0, 0.05) is 23.5 Å². The number of Topliss-reactive ketones (excluding diaryl/α,β-unsaturated/α-hetero) is 2. The van der Waals surface area contributed by atoms with Crippen LogP contribution in [0.2, 0.25) is 0 Å². The molecular formula is C16H16N4O6. The fourth-order valence-electron chi connectivity index (χ4n) is 1.39. The predicted molar refractivity (Wildman–Crippen MR) is 86.1 cm³/mol. The summed E-state index contributed by atoms with van der Waals surface area (Å²) in [6.07, 6.45) is 1.33. The Bertz CT molecular complexity index is 719. The van der Waals surface area contributed by atoms with Crippen LogP contribution in [0, 0.1) is 22.7 Å². The van der Waals surface area contributed by atoms with Crippen LogP contribution >= 0.6 is 0 Å². The SMILES string of the molecule is C/C(N)=C(\C#N)C(=O)COC(=O)/C=C/C(=O)OCC(=O)/C(C#N)=C(/C)N. The maximum atomic E-state index is 11.6. The molecule has 0 amide bonds. The van der Waals surface area contributed by atoms with Crippen LogP contribution in [0.3, 0.4) is 0 Å². The molecule has 10 nitrogen and oxygen atoms in total. The van der Waals surface area contributed by atoms with Gasteiger partial charge in [-0.1, -0.05) is 0 Å². The van der Waals surface area contributed by atoms with Crippen LogP contribution in [0.5, 0.6) is 0 Å². The molecule has 136 valence electrons. The summed E-state index contributed by atoms with van der Waals surface area (Å²) in [5, 5.41) is 17.4. The Morgan fingerprint density at radius 2 is 1.12 bits per heavy atom. The Morgan fingerprint density at radius 3 is 1.35 bits per heavy atom. The molecule has 0 bridgehead atoms. The summed E-state index contributed by atoms with van der Waals surface area (Å²) >= 11 is 0. The van der Waals surface area contributed by atoms with Crippen molar-refractivity contribution >= 4 is 23.5 Å². The quantitative estimate of drug-likeness (QED) is 0.317. The first-order valence-electron chi connectivity index (χ1n) is 6.94. The van der Waals surface area contributed by atoms with Crippen molar-refractivity contribution in [3.63, 3.8) is 0 Å². The molecular weight excluding hydrogens is 344 g/mol. The van der Waals surface area contributed by atoms with Crippen molar-refractivity contribution in [3.05, 3.63) is 34.7 Å². The van der Waals surface area contributed by atoms with Crippen molar-refractivity contribution < 1.29 is 28.7 Å². The first kappa shape index (κ1) is 22.1. The molecule has 0 saturated heterocycles. The van der Waals surface area contributed by atoms with Crippen LogP contribution in [0.15, 0.2) is 34.7 Å². The number of hydrogen-bond acceptors (Lipinski definition) is 10. The van der Waals surface area contributed by atoms with Gasteiger partial charge < -0.3 is 20.9 Å². The number of nitrogens with two attached hydrogens (primary N) is 2. The van der Waals surface area contributed by atoms with Gasteiger partial charge in [-0.15, -0.1) is 0 Å². The summed E-state index contributed by atoms with van der Waals surface area (Å²) in [5.41, 5.74) is 9.94. The molecule has 10 heteroatoms. The molecule has 0 unspecified atom stereocenters. The molecule has 0 heterocycles. The molecule has 0 fully saturated rings. The molecule has 0 rings (SSSR count). The number of allylic oxidation sites excluding steroid dienone is 2. The van der Waals surface area contributed by atoms with E-state index in [2.05, 4.69) is 9.47 Å². The fraction of sp³-hybridized carbons (Fsp3) is 0.250. The maximum absolute atomic E-state index is 11.6. The number of hydrogen-bond donors (Lipinski definition) is 2. The predicted octanol–water partition coefficient (Wildman–Crippen LogP) is -0.720. The lowest BCUT2D eigenvalue weighted by Gasteiger charge is -2.02. The maximum Gasteiger partial charge on any atom is 0.331 e. The van der Waals surface area contributed by atoms with E-state index < -0.39 is 36.7 Å². The second-order valence-electron chi connectivity index (χ2n) is 4.73. The minimum Gasteiger partial charge on any atom is -0.454 e. The van der Waals surface area contributed by atoms with Crippen molar-refractivity contribution in [2.75, 3.05) is 13.2 Å². The van der Waals surface area contributed by atoms with E-state index in [1.54, 1.807) is 12.1 Å². The molecule has 0 spiro atoms. The van der Waals surface area contributed by atoms with E-state index in [0.29, 0.717) is 12.2 Å². The number of carbonyl (C=O) groups excluding carboxylic acids is 4. The summed E-state index contributed by atoms with van der Waals surface area (Å²) in [4.78, 5) is 45.9. The fourth-order valence-corrected chi connectivity index (χ4v) is 1.39. The van der Waals surface area contributed by atoms with E-state index in [4.69, 9.17) is 22.0 Å². The monoisotopic (exact) mass is 360 g/mol. The first-order chi connectivity index (χ1) is 12.1. The van der Waals surface area contributed by atoms with Crippen LogP contribution in [0.1, 0.15) is 13.8 Å². The standard InChI is InChI=1S/C16H16N4O6/c1-9(19)11(5-17)13(21)7-25-15(23)3-4-16(24)26-8-14(22)12(6-18)10(2)20/h3-4H,7-8,19-20H2,1-2H3/b4-3+,11-9-,12-10-. The van der Waals surface area contributed by atoms with Gasteiger partial charge in [-0.05, 0) is 13.8 Å². The zero-order chi connectivity index (χ0) is 20.3. The number of nitriles is 2. The van der Waals surface area contributed by atoms with Crippen LogP contribution in [-0.4, -0.2) is 36.7 Å². The highest BCUT2D eigenvalue weighted by molar-refractivity contribution is 6.03. The number of nitrogens with zero attached hydrogens (tertiary/aromatic N) is 2. The van der Waals surface area contributed by atoms with Crippen LogP contribution in [-0.2, 0) is 28.7 Å². The topological polar surface area (TPSA) is 186 Å². The lowest BCUT2D eigenvalue weighted by Crippen LogP contribution is -2.17. The second kappa shape index (κ2) is 10.8. The number of esters is 2. The van der Waals surface area contributed by atoms with Gasteiger partial charge in [0.25, 0.3) is 0 Å². The van der Waals surface area contributed by atoms with Crippen molar-refractivity contribution in [3.8, 4) is 12.1 Å². The normalized spacial score (nSPS) is 12.2. The third-order valence-electron chi connectivity index (χ3n) is 2.62. The van der Waals surface area contributed by atoms with Crippen LogP contribution in [0.4, 0.5) is 0 Å². The van der Waals surface area contributed by atoms with Gasteiger partial charge in [0.2, 0.25) is 11.6 Å². The zero-order valence-electron chi connectivity index (χ0n) is 14.1. The first-order valence-corrected chi connectivity index (χ1v) is 6.94. The second-order valence-corrected chi connectivity index (χ2v) is 4.73. The summed E-state index contributed by atoms with van der Waals surface area (Å²) < 4.78 is 9.08. The van der Waals surface area contributed by atoms with Gasteiger partial charge in [0.1, 0.15) is 23.3 Å². The van der Waals surface area contributed by atoms with Gasteiger partial charge in [-0.3, -0.25) is 9.59 Å². The van der Waals surface area contributed by atoms with Crippen molar-refractivity contribution in [1.82, 2.24) is 0 Å². The van der Waals surface area contributed by atoms with Gasteiger partial charge in [0.05, 0.1) is 0 Å². The van der Waals surface area contributed by atoms with Gasteiger partial charge in [-0.2, -0.15) is 10.5 Å². The minimum atomic E-state index is -1.05. The number of ether oxygens (including phenoxy) is 2. The molecule has 0 radical (unpaired) electrons. The number of carbonyl (C=O) groups is 4. The molecule has 0 aromatic heterocycles. The Hall–Kier alpha value is -3.92. The smallest absolute Gasteiger partial charge is 0.331 e. The average Bonchev–Trinajstić information content (AvgIpc) is 2.56. The summed E-state index contributed by atoms with van der Waals surface area (Å²) in [5.74, 6) is -3.70. The summed E-state index contributed by atoms with van der Waals surface area (Å²) in [6, 6.07) is 3.16. The molecule has 0 aliphatic rings. The van der Waals surface area contributed by atoms with E-state index in [1.807, 2.05) is 0 Å². The van der Waals surface area contributed by atoms with E-state index in [0.717, 1.165) is 0 Å². The Balaban J connectivity index is 4.53. The number of rotatable bonds is 8. The van der Waals surface area contributed by atoms with Gasteiger partial charge in [0.15, 0.2) is 13.2 Å². The highest BCUT2D eigenvalue weighted by Gasteiger charge is 2.15. The molecule has 0 saturated carbocycles. The van der Waals surface area contributed by atoms with E-state index in [1.165, 1.54) is 13.8 Å². The average molecular weight is 360 g/mol. The van der Waals surface area contributed by atoms with Crippen LogP contribution < -0.4 is 11.5 Å². The third kappa shape index (κ3) is 7.57. The molecule has 0 aromatic rings. The molecule has 0 aliphatic carbocycles. The largest absolute Gasteiger partial charge is 0.454 e. The highest BCUT2D eigenvalue weighted by atomic mass is 16.5. The van der Waals surface area contributed by atoms with Crippen molar-refractivity contribution in [1.29, 1.82) is 10.5 Å². The van der Waals surface area contributed by atoms with Crippen molar-refractivity contribution in [2.24, 2.45) is 11.5 Å². The van der Waals surface area contributed by atoms with E-state index >= 15 is 0 Å². The molecule has 0 atom stereocenters. The van der Waals surface area contributed by atoms with Crippen molar-refractivity contribution in [2.45, 2.75) is 13.8 Å². The number of ketones is 2. The zero-order valence-corrected chi connectivity index (χ0v) is 14.1. The van der Waals surface area contributed by atoms with E-state index in [9.17, 15) is 19.2 Å². The van der Waals surface area contributed by atoms with Crippen LogP contribution in [0.25, 0.3) is 0 Å². The Kier molecular flexibility index (Phi) is 9.15. The Morgan fingerprint density at radius 1 is 0.808 bits per heavy atom. The van der Waals surface area contributed by atoms with Gasteiger partial charge in [-0.25, -0.2) is 9.59 Å². The summed E-state index contributed by atoms with van der Waals surface area (Å²) in [7, 11) is 0. The van der Waals surface area contributed by atoms with E-state index in [-0.39, 0.29) is 22.5 Å². The minimum absolute atomic E-state index is 0.0177. The summed E-state index contributed by atoms with van der Waals surface area (Å²) in [6.45, 7) is 1.21. The molecule has 0 aliphatic heterocycles. The molecule has 26 heavy (non-hydrogen) atoms. The lowest BCUT2D eigenvalue weighted by molar-refractivity contribution is -0.143. The highest BCUT2D eigenvalue weighted by Crippen LogP contribution is 2.01. The molecule has 4 N–H and O–H groups in total.